The Kier molecular flexibility index (Phi) is 5.00. The molecular formula is C20H21ClN2O2S. The first-order chi connectivity index (χ1) is 12.6. The van der Waals surface area contributed by atoms with Crippen molar-refractivity contribution in [3.63, 3.8) is 0 Å². The predicted molar refractivity (Wildman–Crippen MR) is 105 cm³/mol. The highest BCUT2D eigenvalue weighted by Crippen LogP contribution is 2.34. The van der Waals surface area contributed by atoms with Gasteiger partial charge in [0, 0.05) is 34.6 Å². The molecule has 1 atom stereocenters. The largest absolute Gasteiger partial charge is 0.338 e. The maximum Gasteiger partial charge on any atom is 0.263 e. The molecule has 1 aliphatic heterocycles. The molecule has 4 rings (SSSR count). The van der Waals surface area contributed by atoms with E-state index in [1.807, 2.05) is 23.1 Å². The van der Waals surface area contributed by atoms with Crippen molar-refractivity contribution in [1.29, 1.82) is 0 Å². The second-order valence-electron chi connectivity index (χ2n) is 7.00. The molecule has 1 fully saturated rings. The molecule has 26 heavy (non-hydrogen) atoms. The number of anilines is 1. The lowest BCUT2D eigenvalue weighted by molar-refractivity contribution is -0.120. The zero-order valence-corrected chi connectivity index (χ0v) is 16.0. The molecule has 1 saturated heterocycles. The molecule has 2 amide bonds. The predicted octanol–water partition coefficient (Wildman–Crippen LogP) is 4.38. The molecule has 2 aromatic rings. The van der Waals surface area contributed by atoms with Crippen molar-refractivity contribution in [3.05, 3.63) is 50.7 Å². The van der Waals surface area contributed by atoms with E-state index >= 15 is 0 Å². The first-order valence-corrected chi connectivity index (χ1v) is 10.3. The summed E-state index contributed by atoms with van der Waals surface area (Å²) in [6.45, 7) is 1.73. The summed E-state index contributed by atoms with van der Waals surface area (Å²) in [6.07, 6.45) is 4.58. The van der Waals surface area contributed by atoms with E-state index in [-0.39, 0.29) is 17.7 Å². The van der Waals surface area contributed by atoms with Crippen LogP contribution in [0.2, 0.25) is 5.02 Å². The number of amides is 2. The Morgan fingerprint density at radius 1 is 1.19 bits per heavy atom. The third kappa shape index (κ3) is 3.64. The van der Waals surface area contributed by atoms with Gasteiger partial charge in [-0.1, -0.05) is 17.7 Å². The minimum Gasteiger partial charge on any atom is -0.338 e. The fourth-order valence-electron chi connectivity index (χ4n) is 3.74. The lowest BCUT2D eigenvalue weighted by atomic mass is 9.87. The highest BCUT2D eigenvalue weighted by Gasteiger charge is 2.29. The van der Waals surface area contributed by atoms with E-state index in [9.17, 15) is 9.59 Å². The number of carbonyl (C=O) groups excluding carboxylic acids is 2. The van der Waals surface area contributed by atoms with Gasteiger partial charge in [-0.2, -0.15) is 0 Å². The third-order valence-electron chi connectivity index (χ3n) is 5.15. The summed E-state index contributed by atoms with van der Waals surface area (Å²) in [5, 5.41) is 3.57. The molecule has 1 unspecified atom stereocenters. The number of nitrogens with one attached hydrogen (secondary N) is 1. The van der Waals surface area contributed by atoms with Crippen molar-refractivity contribution in [3.8, 4) is 0 Å². The first kappa shape index (κ1) is 17.6. The van der Waals surface area contributed by atoms with Crippen LogP contribution >= 0.6 is 22.9 Å². The highest BCUT2D eigenvalue weighted by atomic mass is 35.5. The lowest BCUT2D eigenvalue weighted by Crippen LogP contribution is -2.27. The molecule has 136 valence electrons. The molecule has 0 bridgehead atoms. The first-order valence-electron chi connectivity index (χ1n) is 9.07. The lowest BCUT2D eigenvalue weighted by Gasteiger charge is -2.21. The summed E-state index contributed by atoms with van der Waals surface area (Å²) >= 11 is 7.59. The van der Waals surface area contributed by atoms with Gasteiger partial charge in [-0.25, -0.2) is 0 Å². The van der Waals surface area contributed by atoms with Gasteiger partial charge in [0.1, 0.15) is 0 Å². The van der Waals surface area contributed by atoms with Crippen LogP contribution in [-0.4, -0.2) is 29.8 Å². The minimum atomic E-state index is -0.0641. The summed E-state index contributed by atoms with van der Waals surface area (Å²) in [5.74, 6) is 0.115. The Labute approximate surface area is 162 Å². The van der Waals surface area contributed by atoms with Gasteiger partial charge in [0.05, 0.1) is 4.88 Å². The summed E-state index contributed by atoms with van der Waals surface area (Å²) in [7, 11) is 0. The molecule has 1 aromatic carbocycles. The Hall–Kier alpha value is -1.85. The number of thiophene rings is 1. The molecular weight excluding hydrogens is 368 g/mol. The zero-order valence-electron chi connectivity index (χ0n) is 14.5. The summed E-state index contributed by atoms with van der Waals surface area (Å²) in [6, 6.07) is 9.22. The fourth-order valence-corrected chi connectivity index (χ4v) is 5.11. The smallest absolute Gasteiger partial charge is 0.263 e. The van der Waals surface area contributed by atoms with Crippen LogP contribution in [-0.2, 0) is 17.6 Å². The molecule has 1 aromatic heterocycles. The second kappa shape index (κ2) is 7.41. The number of halogens is 1. The Balaban J connectivity index is 1.44. The zero-order chi connectivity index (χ0) is 18.1. The van der Waals surface area contributed by atoms with Crippen molar-refractivity contribution in [2.24, 2.45) is 5.92 Å². The normalized spacial score (nSPS) is 19.3. The monoisotopic (exact) mass is 388 g/mol. The number of hydrogen-bond acceptors (Lipinski definition) is 3. The Bertz CT molecular complexity index is 842. The van der Waals surface area contributed by atoms with Crippen molar-refractivity contribution in [1.82, 2.24) is 4.90 Å². The Morgan fingerprint density at radius 2 is 2.00 bits per heavy atom. The summed E-state index contributed by atoms with van der Waals surface area (Å²) in [5.41, 5.74) is 1.89. The maximum absolute atomic E-state index is 12.6. The standard InChI is InChI=1S/C20H21ClN2O2S/c21-15-4-3-5-16(12-15)22-19(24)13-6-7-17-14(10-13)11-18(26-17)20(25)23-8-1-2-9-23/h3-5,11-13H,1-2,6-10H2,(H,22,24). The van der Waals surface area contributed by atoms with E-state index < -0.39 is 0 Å². The molecule has 0 radical (unpaired) electrons. The van der Waals surface area contributed by atoms with E-state index in [1.165, 1.54) is 4.88 Å². The number of rotatable bonds is 3. The van der Waals surface area contributed by atoms with E-state index in [2.05, 4.69) is 5.32 Å². The molecule has 1 N–H and O–H groups in total. The number of likely N-dealkylation sites (tertiary alicyclic amines) is 1. The van der Waals surface area contributed by atoms with Gasteiger partial charge >= 0.3 is 0 Å². The molecule has 0 spiro atoms. The second-order valence-corrected chi connectivity index (χ2v) is 8.57. The maximum atomic E-state index is 12.6. The van der Waals surface area contributed by atoms with Crippen LogP contribution < -0.4 is 5.32 Å². The van der Waals surface area contributed by atoms with Crippen LogP contribution in [0.5, 0.6) is 0 Å². The van der Waals surface area contributed by atoms with E-state index in [1.54, 1.807) is 23.5 Å². The number of aryl methyl sites for hydroxylation is 1. The SMILES string of the molecule is O=C(Nc1cccc(Cl)c1)C1CCc2sc(C(=O)N3CCCC3)cc2C1. The van der Waals surface area contributed by atoms with Gasteiger partial charge in [0.25, 0.3) is 5.91 Å². The molecule has 1 aliphatic carbocycles. The minimum absolute atomic E-state index is 0.0246. The molecule has 0 saturated carbocycles. The van der Waals surface area contributed by atoms with Crippen molar-refractivity contribution < 1.29 is 9.59 Å². The fraction of sp³-hybridized carbons (Fsp3) is 0.400. The number of benzene rings is 1. The van der Waals surface area contributed by atoms with Gasteiger partial charge in [-0.05, 0) is 61.9 Å². The molecule has 2 aliphatic rings. The van der Waals surface area contributed by atoms with Gasteiger partial charge in [-0.15, -0.1) is 11.3 Å². The molecule has 2 heterocycles. The number of nitrogens with zero attached hydrogens (tertiary/aromatic N) is 1. The van der Waals surface area contributed by atoms with Crippen LogP contribution in [0.25, 0.3) is 0 Å². The number of fused-ring (bicyclic) bond motifs is 1. The van der Waals surface area contributed by atoms with Crippen LogP contribution in [0, 0.1) is 5.92 Å². The van der Waals surface area contributed by atoms with Gasteiger partial charge < -0.3 is 10.2 Å². The third-order valence-corrected chi connectivity index (χ3v) is 6.61. The van der Waals surface area contributed by atoms with E-state index in [4.69, 9.17) is 11.6 Å². The summed E-state index contributed by atoms with van der Waals surface area (Å²) < 4.78 is 0. The number of hydrogen-bond donors (Lipinski definition) is 1. The van der Waals surface area contributed by atoms with Gasteiger partial charge in [0.15, 0.2) is 0 Å². The summed E-state index contributed by atoms with van der Waals surface area (Å²) in [4.78, 5) is 29.2. The molecule has 6 heteroatoms. The molecule has 4 nitrogen and oxygen atoms in total. The quantitative estimate of drug-likeness (QED) is 0.848. The van der Waals surface area contributed by atoms with E-state index in [0.717, 1.165) is 54.9 Å². The number of carbonyl (C=O) groups is 2. The highest BCUT2D eigenvalue weighted by molar-refractivity contribution is 7.14. The van der Waals surface area contributed by atoms with Crippen molar-refractivity contribution in [2.75, 3.05) is 18.4 Å². The topological polar surface area (TPSA) is 49.4 Å². The van der Waals surface area contributed by atoms with Crippen LogP contribution in [0.15, 0.2) is 30.3 Å². The van der Waals surface area contributed by atoms with Crippen LogP contribution in [0.1, 0.15) is 39.4 Å². The Morgan fingerprint density at radius 3 is 2.77 bits per heavy atom. The van der Waals surface area contributed by atoms with Gasteiger partial charge in [-0.3, -0.25) is 9.59 Å². The van der Waals surface area contributed by atoms with Crippen molar-refractivity contribution >= 4 is 40.4 Å². The van der Waals surface area contributed by atoms with Crippen LogP contribution in [0.3, 0.4) is 0 Å². The average Bonchev–Trinajstić information content (AvgIpc) is 3.30. The van der Waals surface area contributed by atoms with Gasteiger partial charge in [0.2, 0.25) is 5.91 Å². The average molecular weight is 389 g/mol. The van der Waals surface area contributed by atoms with Crippen LogP contribution in [0.4, 0.5) is 5.69 Å². The van der Waals surface area contributed by atoms with E-state index in [0.29, 0.717) is 11.4 Å². The van der Waals surface area contributed by atoms with Crippen molar-refractivity contribution in [2.45, 2.75) is 32.1 Å².